The van der Waals surface area contributed by atoms with Crippen LogP contribution in [0.2, 0.25) is 0 Å². The molecule has 0 atom stereocenters. The van der Waals surface area contributed by atoms with Crippen molar-refractivity contribution in [2.75, 3.05) is 4.90 Å². The molecule has 5 aromatic carbocycles. The zero-order valence-electron chi connectivity index (χ0n) is 24.7. The lowest BCUT2D eigenvalue weighted by atomic mass is 10.0. The third-order valence-electron chi connectivity index (χ3n) is 8.46. The van der Waals surface area contributed by atoms with E-state index in [2.05, 4.69) is 169 Å². The van der Waals surface area contributed by atoms with Gasteiger partial charge in [-0.3, -0.25) is 0 Å². The minimum Gasteiger partial charge on any atom is -0.322 e. The fourth-order valence-electron chi connectivity index (χ4n) is 6.25. The number of para-hydroxylation sites is 1. The molecule has 0 radical (unpaired) electrons. The maximum absolute atomic E-state index is 4.46. The van der Waals surface area contributed by atoms with Gasteiger partial charge in [0, 0.05) is 54.6 Å². The molecule has 0 bridgehead atoms. The molecule has 0 saturated carbocycles. The highest BCUT2D eigenvalue weighted by Crippen LogP contribution is 2.38. The SMILES string of the molecule is C=C1/C=C\C=C/N(c2ccccc2)/C=c2\c(c3ccc4sc5ccccc5c4c3n2-c2cccc(-c3ccccc3)c2)=C/C1=C. The molecule has 214 valence electrons. The van der Waals surface area contributed by atoms with Gasteiger partial charge in [0.05, 0.1) is 10.9 Å². The Morgan fingerprint density at radius 1 is 0.578 bits per heavy atom. The van der Waals surface area contributed by atoms with Gasteiger partial charge in [-0.2, -0.15) is 0 Å². The zero-order chi connectivity index (χ0) is 30.3. The fraction of sp³-hybridized carbons (Fsp3) is 0. The van der Waals surface area contributed by atoms with Gasteiger partial charge in [0.1, 0.15) is 0 Å². The molecule has 0 spiro atoms. The molecule has 1 aliphatic rings. The lowest BCUT2D eigenvalue weighted by molar-refractivity contribution is 1.07. The number of thiophene rings is 1. The molecule has 0 unspecified atom stereocenters. The highest BCUT2D eigenvalue weighted by Gasteiger charge is 2.18. The van der Waals surface area contributed by atoms with Crippen LogP contribution in [0.3, 0.4) is 0 Å². The Morgan fingerprint density at radius 2 is 1.31 bits per heavy atom. The molecular formula is C42H30N2S. The van der Waals surface area contributed by atoms with E-state index in [-0.39, 0.29) is 0 Å². The summed E-state index contributed by atoms with van der Waals surface area (Å²) in [5.41, 5.74) is 7.50. The highest BCUT2D eigenvalue weighted by atomic mass is 32.1. The lowest BCUT2D eigenvalue weighted by Gasteiger charge is -2.17. The van der Waals surface area contributed by atoms with E-state index in [1.54, 1.807) is 0 Å². The van der Waals surface area contributed by atoms with Gasteiger partial charge < -0.3 is 9.47 Å². The maximum Gasteiger partial charge on any atom is 0.0707 e. The number of fused-ring (bicyclic) bond motifs is 7. The van der Waals surface area contributed by atoms with Crippen LogP contribution < -0.4 is 15.5 Å². The highest BCUT2D eigenvalue weighted by molar-refractivity contribution is 7.26. The van der Waals surface area contributed by atoms with Gasteiger partial charge in [0.2, 0.25) is 0 Å². The van der Waals surface area contributed by atoms with Crippen molar-refractivity contribution < 1.29 is 0 Å². The van der Waals surface area contributed by atoms with Crippen LogP contribution in [0.4, 0.5) is 5.69 Å². The number of hydrogen-bond acceptors (Lipinski definition) is 2. The van der Waals surface area contributed by atoms with Crippen molar-refractivity contribution in [3.8, 4) is 16.8 Å². The van der Waals surface area contributed by atoms with Crippen LogP contribution in [0.15, 0.2) is 170 Å². The predicted octanol–water partition coefficient (Wildman–Crippen LogP) is 9.89. The number of anilines is 1. The van der Waals surface area contributed by atoms with Crippen LogP contribution in [0, 0.1) is 0 Å². The van der Waals surface area contributed by atoms with Crippen molar-refractivity contribution in [2.24, 2.45) is 0 Å². The molecule has 2 aromatic heterocycles. The zero-order valence-corrected chi connectivity index (χ0v) is 25.5. The Morgan fingerprint density at radius 3 is 2.16 bits per heavy atom. The van der Waals surface area contributed by atoms with Crippen molar-refractivity contribution in [2.45, 2.75) is 0 Å². The monoisotopic (exact) mass is 594 g/mol. The Hall–Kier alpha value is -5.64. The smallest absolute Gasteiger partial charge is 0.0707 e. The Balaban J connectivity index is 1.58. The Labute approximate surface area is 266 Å². The molecule has 8 rings (SSSR count). The quantitative estimate of drug-likeness (QED) is 0.198. The molecule has 0 aliphatic carbocycles. The predicted molar refractivity (Wildman–Crippen MR) is 195 cm³/mol. The number of benzene rings is 5. The third-order valence-corrected chi connectivity index (χ3v) is 9.60. The van der Waals surface area contributed by atoms with Crippen molar-refractivity contribution in [3.63, 3.8) is 0 Å². The number of hydrogen-bond donors (Lipinski definition) is 0. The number of nitrogens with zero attached hydrogens (tertiary/aromatic N) is 2. The van der Waals surface area contributed by atoms with Crippen molar-refractivity contribution >= 4 is 60.4 Å². The number of aromatic nitrogens is 1. The van der Waals surface area contributed by atoms with Crippen LogP contribution >= 0.6 is 11.3 Å². The van der Waals surface area contributed by atoms with Crippen LogP contribution in [0.1, 0.15) is 0 Å². The number of allylic oxidation sites excluding steroid dienone is 5. The summed E-state index contributed by atoms with van der Waals surface area (Å²) in [5.74, 6) is 0. The largest absolute Gasteiger partial charge is 0.322 e. The van der Waals surface area contributed by atoms with Crippen LogP contribution in [-0.2, 0) is 0 Å². The Kier molecular flexibility index (Phi) is 6.66. The van der Waals surface area contributed by atoms with E-state index in [0.717, 1.165) is 33.1 Å². The van der Waals surface area contributed by atoms with Crippen molar-refractivity contribution in [1.29, 1.82) is 0 Å². The topological polar surface area (TPSA) is 8.17 Å². The molecule has 7 aromatic rings. The first kappa shape index (κ1) is 26.9. The second-order valence-corrected chi connectivity index (χ2v) is 12.3. The average molecular weight is 595 g/mol. The van der Waals surface area contributed by atoms with Crippen molar-refractivity contribution in [3.05, 3.63) is 181 Å². The van der Waals surface area contributed by atoms with Gasteiger partial charge in [-0.25, -0.2) is 0 Å². The molecule has 3 heteroatoms. The molecule has 0 amide bonds. The second kappa shape index (κ2) is 11.1. The summed E-state index contributed by atoms with van der Waals surface area (Å²) < 4.78 is 5.00. The lowest BCUT2D eigenvalue weighted by Crippen LogP contribution is -2.32. The Bertz CT molecular complexity index is 2460. The van der Waals surface area contributed by atoms with Gasteiger partial charge in [0.15, 0.2) is 0 Å². The molecule has 2 nitrogen and oxygen atoms in total. The van der Waals surface area contributed by atoms with Gasteiger partial charge in [-0.05, 0) is 70.8 Å². The van der Waals surface area contributed by atoms with Gasteiger partial charge in [-0.15, -0.1) is 11.3 Å². The van der Waals surface area contributed by atoms with E-state index >= 15 is 0 Å². The molecule has 1 aliphatic heterocycles. The first-order valence-electron chi connectivity index (χ1n) is 15.1. The standard InChI is InChI=1S/C42H30N2S/c1-29-14-11-12-25-43(33-18-7-4-8-19-33)28-38-37(26-30(29)2)35-23-24-40-41(36-21-9-10-22-39(36)45-40)42(35)44(38)34-20-13-17-32(27-34)31-15-5-3-6-16-31/h3-28H,1-2H2/b14-11-,25-12-,37-26-,38-28+. The number of rotatable bonds is 3. The minimum atomic E-state index is 0.882. The van der Waals surface area contributed by atoms with E-state index in [4.69, 9.17) is 0 Å². The van der Waals surface area contributed by atoms with E-state index in [1.807, 2.05) is 23.5 Å². The molecule has 3 heterocycles. The summed E-state index contributed by atoms with van der Waals surface area (Å²) in [7, 11) is 0. The summed E-state index contributed by atoms with van der Waals surface area (Å²) in [6.07, 6.45) is 12.7. The van der Waals surface area contributed by atoms with Crippen LogP contribution in [0.25, 0.3) is 60.2 Å². The molecule has 0 saturated heterocycles. The van der Waals surface area contributed by atoms with E-state index in [9.17, 15) is 0 Å². The third kappa shape index (κ3) is 4.75. The molecule has 0 N–H and O–H groups in total. The van der Waals surface area contributed by atoms with Gasteiger partial charge >= 0.3 is 0 Å². The average Bonchev–Trinajstić information content (AvgIpc) is 3.61. The molecule has 0 fully saturated rings. The van der Waals surface area contributed by atoms with E-state index in [1.165, 1.54) is 42.2 Å². The molecule has 45 heavy (non-hydrogen) atoms. The maximum atomic E-state index is 4.46. The van der Waals surface area contributed by atoms with Crippen molar-refractivity contribution in [1.82, 2.24) is 4.57 Å². The fourth-order valence-corrected chi connectivity index (χ4v) is 7.36. The summed E-state index contributed by atoms with van der Waals surface area (Å²) in [4.78, 5) is 2.20. The first-order valence-corrected chi connectivity index (χ1v) is 15.9. The van der Waals surface area contributed by atoms with E-state index in [0.29, 0.717) is 0 Å². The first-order chi connectivity index (χ1) is 22.2. The summed E-state index contributed by atoms with van der Waals surface area (Å²) in [6.45, 7) is 8.80. The second-order valence-electron chi connectivity index (χ2n) is 11.3. The van der Waals surface area contributed by atoms with Crippen LogP contribution in [0.5, 0.6) is 0 Å². The van der Waals surface area contributed by atoms with Crippen LogP contribution in [-0.4, -0.2) is 4.57 Å². The van der Waals surface area contributed by atoms with E-state index < -0.39 is 0 Å². The normalized spacial score (nSPS) is 16.5. The molecular weight excluding hydrogens is 565 g/mol. The minimum absolute atomic E-state index is 0.882. The van der Waals surface area contributed by atoms with Gasteiger partial charge in [-0.1, -0.05) is 110 Å². The van der Waals surface area contributed by atoms with Gasteiger partial charge in [0.25, 0.3) is 0 Å². The summed E-state index contributed by atoms with van der Waals surface area (Å²) in [6, 6.07) is 43.3. The summed E-state index contributed by atoms with van der Waals surface area (Å²) in [5, 5.41) is 5.90. The summed E-state index contributed by atoms with van der Waals surface area (Å²) >= 11 is 1.85.